The number of hydrogen-bond acceptors (Lipinski definition) is 4. The maximum absolute atomic E-state index is 13.2. The summed E-state index contributed by atoms with van der Waals surface area (Å²) in [5.74, 6) is -1.48. The molecule has 1 aliphatic carbocycles. The first-order chi connectivity index (χ1) is 16.1. The number of carbonyl (C=O) groups excluding carboxylic acids is 3. The van der Waals surface area contributed by atoms with Gasteiger partial charge in [-0.1, -0.05) is 72.8 Å². The van der Waals surface area contributed by atoms with Crippen molar-refractivity contribution in [3.8, 4) is 5.75 Å². The first kappa shape index (κ1) is 20.9. The Balaban J connectivity index is 1.36. The summed E-state index contributed by atoms with van der Waals surface area (Å²) in [6.45, 7) is 0. The van der Waals surface area contributed by atoms with Crippen molar-refractivity contribution < 1.29 is 19.1 Å². The SMILES string of the molecule is O=C(Oc1ccc(N2C(=O)[C@@H]3CC=CC[C@H]3C2=O)cc1)C(c1ccccc1)c1ccccc1. The van der Waals surface area contributed by atoms with Gasteiger partial charge < -0.3 is 4.74 Å². The lowest BCUT2D eigenvalue weighted by molar-refractivity contribution is -0.135. The number of hydrogen-bond donors (Lipinski definition) is 0. The highest BCUT2D eigenvalue weighted by atomic mass is 16.5. The normalized spacial score (nSPS) is 19.6. The van der Waals surface area contributed by atoms with Crippen LogP contribution in [0.3, 0.4) is 0 Å². The van der Waals surface area contributed by atoms with Gasteiger partial charge in [-0.3, -0.25) is 19.3 Å². The molecule has 0 unspecified atom stereocenters. The van der Waals surface area contributed by atoms with E-state index in [0.29, 0.717) is 24.3 Å². The molecule has 0 aromatic heterocycles. The number of allylic oxidation sites excluding steroid dienone is 2. The Morgan fingerprint density at radius 3 is 1.70 bits per heavy atom. The minimum Gasteiger partial charge on any atom is -0.426 e. The van der Waals surface area contributed by atoms with Gasteiger partial charge in [-0.2, -0.15) is 0 Å². The molecule has 5 rings (SSSR count). The molecule has 5 nitrogen and oxygen atoms in total. The maximum atomic E-state index is 13.2. The number of nitrogens with zero attached hydrogens (tertiary/aromatic N) is 1. The van der Waals surface area contributed by atoms with Crippen LogP contribution in [-0.2, 0) is 14.4 Å². The summed E-state index contributed by atoms with van der Waals surface area (Å²) in [5, 5.41) is 0. The summed E-state index contributed by atoms with van der Waals surface area (Å²) < 4.78 is 5.71. The third-order valence-electron chi connectivity index (χ3n) is 6.32. The lowest BCUT2D eigenvalue weighted by Crippen LogP contribution is -2.30. The zero-order valence-electron chi connectivity index (χ0n) is 18.0. The molecule has 1 saturated heterocycles. The van der Waals surface area contributed by atoms with Crippen LogP contribution in [0.15, 0.2) is 97.1 Å². The zero-order chi connectivity index (χ0) is 22.8. The smallest absolute Gasteiger partial charge is 0.323 e. The van der Waals surface area contributed by atoms with Crippen LogP contribution in [0, 0.1) is 11.8 Å². The van der Waals surface area contributed by atoms with Gasteiger partial charge in [0.1, 0.15) is 11.7 Å². The van der Waals surface area contributed by atoms with Crippen LogP contribution in [0.1, 0.15) is 29.9 Å². The Hall–Kier alpha value is -3.99. The molecular formula is C28H23NO4. The Kier molecular flexibility index (Phi) is 5.61. The lowest BCUT2D eigenvalue weighted by Gasteiger charge is -2.18. The van der Waals surface area contributed by atoms with Gasteiger partial charge in [-0.15, -0.1) is 0 Å². The quantitative estimate of drug-likeness (QED) is 0.247. The molecular weight excluding hydrogens is 414 g/mol. The predicted octanol–water partition coefficient (Wildman–Crippen LogP) is 4.88. The molecule has 0 N–H and O–H groups in total. The number of benzene rings is 3. The number of imide groups is 1. The average molecular weight is 437 g/mol. The average Bonchev–Trinajstić information content (AvgIpc) is 3.11. The molecule has 5 heteroatoms. The highest BCUT2D eigenvalue weighted by molar-refractivity contribution is 6.22. The minimum absolute atomic E-state index is 0.160. The third kappa shape index (κ3) is 3.98. The maximum Gasteiger partial charge on any atom is 0.323 e. The number of esters is 1. The molecule has 3 aromatic rings. The van der Waals surface area contributed by atoms with E-state index >= 15 is 0 Å². The van der Waals surface area contributed by atoms with Gasteiger partial charge in [0.25, 0.3) is 0 Å². The first-order valence-corrected chi connectivity index (χ1v) is 11.1. The van der Waals surface area contributed by atoms with E-state index in [0.717, 1.165) is 11.1 Å². The molecule has 2 amide bonds. The fourth-order valence-electron chi connectivity index (χ4n) is 4.65. The van der Waals surface area contributed by atoms with Gasteiger partial charge in [-0.25, -0.2) is 0 Å². The van der Waals surface area contributed by atoms with Crippen LogP contribution in [-0.4, -0.2) is 17.8 Å². The second-order valence-corrected chi connectivity index (χ2v) is 8.34. The summed E-state index contributed by atoms with van der Waals surface area (Å²) in [7, 11) is 0. The molecule has 0 bridgehead atoms. The number of rotatable bonds is 5. The van der Waals surface area contributed by atoms with Gasteiger partial charge in [0.05, 0.1) is 17.5 Å². The van der Waals surface area contributed by atoms with Gasteiger partial charge in [0, 0.05) is 0 Å². The fourth-order valence-corrected chi connectivity index (χ4v) is 4.65. The molecule has 164 valence electrons. The van der Waals surface area contributed by atoms with Crippen LogP contribution in [0.4, 0.5) is 5.69 Å². The Bertz CT molecular complexity index is 1140. The molecule has 1 heterocycles. The standard InChI is InChI=1S/C28H23NO4/c30-26-23-13-7-8-14-24(23)27(31)29(26)21-15-17-22(18-16-21)33-28(32)25(19-9-3-1-4-10-19)20-11-5-2-6-12-20/h1-12,15-18,23-25H,13-14H2/t23-,24-/m1/s1. The van der Waals surface area contributed by atoms with E-state index in [2.05, 4.69) is 0 Å². The molecule has 2 aliphatic rings. The third-order valence-corrected chi connectivity index (χ3v) is 6.32. The van der Waals surface area contributed by atoms with E-state index in [1.807, 2.05) is 72.8 Å². The van der Waals surface area contributed by atoms with E-state index in [-0.39, 0.29) is 23.7 Å². The number of carbonyl (C=O) groups is 3. The van der Waals surface area contributed by atoms with E-state index in [1.165, 1.54) is 4.90 Å². The molecule has 0 radical (unpaired) electrons. The topological polar surface area (TPSA) is 63.7 Å². The minimum atomic E-state index is -0.565. The van der Waals surface area contributed by atoms with Gasteiger partial charge >= 0.3 is 5.97 Å². The largest absolute Gasteiger partial charge is 0.426 e. The van der Waals surface area contributed by atoms with Crippen LogP contribution in [0.5, 0.6) is 5.75 Å². The van der Waals surface area contributed by atoms with Crippen molar-refractivity contribution in [2.24, 2.45) is 11.8 Å². The monoisotopic (exact) mass is 437 g/mol. The molecule has 1 aliphatic heterocycles. The van der Waals surface area contributed by atoms with E-state index in [9.17, 15) is 14.4 Å². The highest BCUT2D eigenvalue weighted by Gasteiger charge is 2.47. The highest BCUT2D eigenvalue weighted by Crippen LogP contribution is 2.38. The molecule has 2 atom stereocenters. The van der Waals surface area contributed by atoms with Crippen LogP contribution in [0.2, 0.25) is 0 Å². The van der Waals surface area contributed by atoms with Crippen molar-refractivity contribution in [2.75, 3.05) is 4.90 Å². The molecule has 1 fully saturated rings. The Morgan fingerprint density at radius 2 is 1.21 bits per heavy atom. The summed E-state index contributed by atoms with van der Waals surface area (Å²) >= 11 is 0. The number of ether oxygens (including phenoxy) is 1. The molecule has 0 saturated carbocycles. The van der Waals surface area contributed by atoms with Crippen molar-refractivity contribution in [2.45, 2.75) is 18.8 Å². The van der Waals surface area contributed by atoms with Gasteiger partial charge in [-0.05, 0) is 48.2 Å². The zero-order valence-corrected chi connectivity index (χ0v) is 18.0. The van der Waals surface area contributed by atoms with Crippen molar-refractivity contribution in [1.82, 2.24) is 0 Å². The van der Waals surface area contributed by atoms with Crippen molar-refractivity contribution in [3.63, 3.8) is 0 Å². The van der Waals surface area contributed by atoms with Crippen LogP contribution >= 0.6 is 0 Å². The van der Waals surface area contributed by atoms with Crippen LogP contribution < -0.4 is 9.64 Å². The number of amides is 2. The second kappa shape index (κ2) is 8.87. The van der Waals surface area contributed by atoms with Crippen molar-refractivity contribution >= 4 is 23.5 Å². The lowest BCUT2D eigenvalue weighted by atomic mass is 9.85. The number of anilines is 1. The van der Waals surface area contributed by atoms with Gasteiger partial charge in [0.2, 0.25) is 11.8 Å². The van der Waals surface area contributed by atoms with E-state index in [4.69, 9.17) is 4.74 Å². The predicted molar refractivity (Wildman–Crippen MR) is 125 cm³/mol. The van der Waals surface area contributed by atoms with Crippen LogP contribution in [0.25, 0.3) is 0 Å². The van der Waals surface area contributed by atoms with Crippen molar-refractivity contribution in [1.29, 1.82) is 0 Å². The van der Waals surface area contributed by atoms with E-state index in [1.54, 1.807) is 24.3 Å². The molecule has 0 spiro atoms. The molecule has 3 aromatic carbocycles. The Labute approximate surface area is 192 Å². The summed E-state index contributed by atoms with van der Waals surface area (Å²) in [5.41, 5.74) is 2.19. The Morgan fingerprint density at radius 1 is 0.727 bits per heavy atom. The second-order valence-electron chi connectivity index (χ2n) is 8.34. The molecule has 33 heavy (non-hydrogen) atoms. The first-order valence-electron chi connectivity index (χ1n) is 11.1. The summed E-state index contributed by atoms with van der Waals surface area (Å²) in [6.07, 6.45) is 5.13. The van der Waals surface area contributed by atoms with Gasteiger partial charge in [0.15, 0.2) is 0 Å². The summed E-state index contributed by atoms with van der Waals surface area (Å²) in [4.78, 5) is 40.1. The number of fused-ring (bicyclic) bond motifs is 1. The van der Waals surface area contributed by atoms with Crippen molar-refractivity contribution in [3.05, 3.63) is 108 Å². The fraction of sp³-hybridized carbons (Fsp3) is 0.179. The summed E-state index contributed by atoms with van der Waals surface area (Å²) in [6, 6.07) is 25.6. The van der Waals surface area contributed by atoms with E-state index < -0.39 is 11.9 Å².